The second-order valence-electron chi connectivity index (χ2n) is 6.04. The van der Waals surface area contributed by atoms with Gasteiger partial charge in [-0.25, -0.2) is 0 Å². The lowest BCUT2D eigenvalue weighted by Gasteiger charge is -2.13. The Balaban J connectivity index is 1.78. The summed E-state index contributed by atoms with van der Waals surface area (Å²) in [6.45, 7) is 0. The van der Waals surface area contributed by atoms with E-state index < -0.39 is 0 Å². The molecule has 1 aromatic heterocycles. The number of rotatable bonds is 2. The van der Waals surface area contributed by atoms with Gasteiger partial charge in [0, 0.05) is 16.8 Å². The SMILES string of the molecule is N#Cc1ccc(NC(=O)c2c3c(nc4ccccc24)CCC3)cc1Cl. The molecule has 0 bridgehead atoms. The van der Waals surface area contributed by atoms with Crippen molar-refractivity contribution in [3.63, 3.8) is 0 Å². The van der Waals surface area contributed by atoms with Gasteiger partial charge in [-0.1, -0.05) is 29.8 Å². The predicted octanol–water partition coefficient (Wildman–Crippen LogP) is 4.50. The molecule has 0 aliphatic heterocycles. The molecule has 0 fully saturated rings. The van der Waals surface area contributed by atoms with Crippen LogP contribution in [0.3, 0.4) is 0 Å². The number of anilines is 1. The number of carbonyl (C=O) groups excluding carboxylic acids is 1. The van der Waals surface area contributed by atoms with Crippen molar-refractivity contribution in [1.82, 2.24) is 4.98 Å². The number of halogens is 1. The highest BCUT2D eigenvalue weighted by atomic mass is 35.5. The molecule has 3 aromatic rings. The van der Waals surface area contributed by atoms with E-state index in [1.54, 1.807) is 18.2 Å². The first-order valence-electron chi connectivity index (χ1n) is 8.09. The van der Waals surface area contributed by atoms with Gasteiger partial charge in [0.25, 0.3) is 5.91 Å². The van der Waals surface area contributed by atoms with Crippen LogP contribution >= 0.6 is 11.6 Å². The van der Waals surface area contributed by atoms with Crippen molar-refractivity contribution in [2.75, 3.05) is 5.32 Å². The monoisotopic (exact) mass is 347 g/mol. The number of para-hydroxylation sites is 1. The van der Waals surface area contributed by atoms with Crippen molar-refractivity contribution in [2.24, 2.45) is 0 Å². The molecule has 4 nitrogen and oxygen atoms in total. The Labute approximate surface area is 150 Å². The topological polar surface area (TPSA) is 65.8 Å². The number of benzene rings is 2. The first-order chi connectivity index (χ1) is 12.2. The minimum atomic E-state index is -0.169. The Bertz CT molecular complexity index is 1050. The Morgan fingerprint density at radius 2 is 2.04 bits per heavy atom. The number of aromatic nitrogens is 1. The molecule has 1 aliphatic carbocycles. The third kappa shape index (κ3) is 2.73. The third-order valence-corrected chi connectivity index (χ3v) is 4.81. The van der Waals surface area contributed by atoms with Gasteiger partial charge in [-0.05, 0) is 49.1 Å². The van der Waals surface area contributed by atoms with Crippen LogP contribution in [0, 0.1) is 11.3 Å². The minimum Gasteiger partial charge on any atom is -0.322 e. The van der Waals surface area contributed by atoms with Gasteiger partial charge in [-0.15, -0.1) is 0 Å². The van der Waals surface area contributed by atoms with Crippen molar-refractivity contribution in [2.45, 2.75) is 19.3 Å². The lowest BCUT2D eigenvalue weighted by atomic mass is 10.0. The van der Waals surface area contributed by atoms with E-state index in [1.165, 1.54) is 0 Å². The van der Waals surface area contributed by atoms with E-state index in [-0.39, 0.29) is 5.91 Å². The fraction of sp³-hybridized carbons (Fsp3) is 0.150. The lowest BCUT2D eigenvalue weighted by Crippen LogP contribution is -2.15. The number of hydrogen-bond acceptors (Lipinski definition) is 3. The first kappa shape index (κ1) is 15.6. The van der Waals surface area contributed by atoms with Crippen LogP contribution in [0.4, 0.5) is 5.69 Å². The number of amides is 1. The second-order valence-corrected chi connectivity index (χ2v) is 6.45. The molecule has 0 spiro atoms. The Morgan fingerprint density at radius 3 is 2.84 bits per heavy atom. The quantitative estimate of drug-likeness (QED) is 0.742. The predicted molar refractivity (Wildman–Crippen MR) is 97.9 cm³/mol. The molecule has 1 aliphatic rings. The van der Waals surface area contributed by atoms with Crippen molar-refractivity contribution < 1.29 is 4.79 Å². The molecule has 1 N–H and O–H groups in total. The van der Waals surface area contributed by atoms with Crippen LogP contribution in [0.15, 0.2) is 42.5 Å². The molecule has 1 heterocycles. The second kappa shape index (κ2) is 6.19. The Morgan fingerprint density at radius 1 is 1.20 bits per heavy atom. The van der Waals surface area contributed by atoms with E-state index in [0.29, 0.717) is 21.8 Å². The van der Waals surface area contributed by atoms with E-state index >= 15 is 0 Å². The molecule has 1 amide bonds. The normalized spacial score (nSPS) is 12.6. The summed E-state index contributed by atoms with van der Waals surface area (Å²) >= 11 is 6.06. The van der Waals surface area contributed by atoms with Gasteiger partial charge in [-0.2, -0.15) is 5.26 Å². The van der Waals surface area contributed by atoms with Gasteiger partial charge in [0.1, 0.15) is 6.07 Å². The molecule has 0 saturated carbocycles. The molecule has 2 aromatic carbocycles. The van der Waals surface area contributed by atoms with E-state index in [1.807, 2.05) is 30.3 Å². The maximum atomic E-state index is 13.0. The molecule has 0 unspecified atom stereocenters. The average molecular weight is 348 g/mol. The van der Waals surface area contributed by atoms with Gasteiger partial charge in [0.05, 0.1) is 21.7 Å². The molecule has 0 atom stereocenters. The van der Waals surface area contributed by atoms with E-state index in [2.05, 4.69) is 5.32 Å². The van der Waals surface area contributed by atoms with Crippen LogP contribution in [0.25, 0.3) is 10.9 Å². The summed E-state index contributed by atoms with van der Waals surface area (Å²) < 4.78 is 0. The number of fused-ring (bicyclic) bond motifs is 2. The summed E-state index contributed by atoms with van der Waals surface area (Å²) in [6, 6.07) is 14.6. The van der Waals surface area contributed by atoms with Crippen LogP contribution in [-0.4, -0.2) is 10.9 Å². The fourth-order valence-electron chi connectivity index (χ4n) is 3.35. The van der Waals surface area contributed by atoms with Crippen LogP contribution in [-0.2, 0) is 12.8 Å². The van der Waals surface area contributed by atoms with Crippen LogP contribution < -0.4 is 5.32 Å². The molecular weight excluding hydrogens is 334 g/mol. The largest absolute Gasteiger partial charge is 0.322 e. The van der Waals surface area contributed by atoms with Gasteiger partial charge >= 0.3 is 0 Å². The summed E-state index contributed by atoms with van der Waals surface area (Å²) in [4.78, 5) is 17.7. The smallest absolute Gasteiger partial charge is 0.256 e. The average Bonchev–Trinajstić information content (AvgIpc) is 3.07. The molecule has 4 rings (SSSR count). The first-order valence-corrected chi connectivity index (χ1v) is 8.46. The van der Waals surface area contributed by atoms with E-state index in [4.69, 9.17) is 21.8 Å². The number of nitriles is 1. The molecular formula is C20H14ClN3O. The van der Waals surface area contributed by atoms with Gasteiger partial charge in [-0.3, -0.25) is 9.78 Å². The summed E-state index contributed by atoms with van der Waals surface area (Å²) in [5, 5.41) is 13.1. The highest BCUT2D eigenvalue weighted by Gasteiger charge is 2.23. The minimum absolute atomic E-state index is 0.169. The maximum absolute atomic E-state index is 13.0. The highest BCUT2D eigenvalue weighted by molar-refractivity contribution is 6.32. The number of pyridine rings is 1. The molecule has 25 heavy (non-hydrogen) atoms. The number of hydrogen-bond donors (Lipinski definition) is 1. The van der Waals surface area contributed by atoms with Gasteiger partial charge in [0.15, 0.2) is 0 Å². The summed E-state index contributed by atoms with van der Waals surface area (Å²) in [5.41, 5.74) is 4.54. The van der Waals surface area contributed by atoms with E-state index in [0.717, 1.165) is 41.4 Å². The molecule has 0 radical (unpaired) electrons. The van der Waals surface area contributed by atoms with Crippen molar-refractivity contribution in [1.29, 1.82) is 5.26 Å². The highest BCUT2D eigenvalue weighted by Crippen LogP contribution is 2.31. The molecule has 122 valence electrons. The van der Waals surface area contributed by atoms with Crippen molar-refractivity contribution in [3.05, 3.63) is 69.9 Å². The lowest BCUT2D eigenvalue weighted by molar-refractivity contribution is 0.102. The Kier molecular flexibility index (Phi) is 3.87. The maximum Gasteiger partial charge on any atom is 0.256 e. The van der Waals surface area contributed by atoms with Crippen molar-refractivity contribution in [3.8, 4) is 6.07 Å². The van der Waals surface area contributed by atoms with Gasteiger partial charge in [0.2, 0.25) is 0 Å². The van der Waals surface area contributed by atoms with Crippen LogP contribution in [0.5, 0.6) is 0 Å². The van der Waals surface area contributed by atoms with E-state index in [9.17, 15) is 4.79 Å². The Hall–Kier alpha value is -2.90. The number of nitrogens with one attached hydrogen (secondary N) is 1. The zero-order chi connectivity index (χ0) is 17.4. The third-order valence-electron chi connectivity index (χ3n) is 4.49. The van der Waals surface area contributed by atoms with Crippen LogP contribution in [0.2, 0.25) is 5.02 Å². The summed E-state index contributed by atoms with van der Waals surface area (Å²) in [5.74, 6) is -0.169. The van der Waals surface area contributed by atoms with Crippen molar-refractivity contribution >= 4 is 34.1 Å². The number of carbonyl (C=O) groups is 1. The standard InChI is InChI=1S/C20H14ClN3O/c21-16-10-13(9-8-12(16)11-22)23-20(25)19-14-4-1-2-6-17(14)24-18-7-3-5-15(18)19/h1-2,4,6,8-10H,3,5,7H2,(H,23,25). The number of nitrogens with zero attached hydrogens (tertiary/aromatic N) is 2. The molecule has 0 saturated heterocycles. The number of aryl methyl sites for hydroxylation is 1. The summed E-state index contributed by atoms with van der Waals surface area (Å²) in [7, 11) is 0. The fourth-order valence-corrected chi connectivity index (χ4v) is 3.57. The zero-order valence-electron chi connectivity index (χ0n) is 13.3. The van der Waals surface area contributed by atoms with Gasteiger partial charge < -0.3 is 5.32 Å². The van der Waals surface area contributed by atoms with Crippen LogP contribution in [0.1, 0.15) is 33.6 Å². The zero-order valence-corrected chi connectivity index (χ0v) is 14.1. The molecule has 5 heteroatoms. The summed E-state index contributed by atoms with van der Waals surface area (Å²) in [6.07, 6.45) is 2.79.